The van der Waals surface area contributed by atoms with Gasteiger partial charge in [0.2, 0.25) is 5.91 Å². The number of carbonyl (C=O) groups is 1. The fourth-order valence-corrected chi connectivity index (χ4v) is 4.91. The van der Waals surface area contributed by atoms with Gasteiger partial charge in [0.25, 0.3) is 0 Å². The van der Waals surface area contributed by atoms with Gasteiger partial charge in [-0.15, -0.1) is 0 Å². The van der Waals surface area contributed by atoms with Gasteiger partial charge in [-0.25, -0.2) is 0 Å². The molecule has 0 aliphatic heterocycles. The number of amides is 1. The number of ether oxygens (including phenoxy) is 1. The number of fused-ring (bicyclic) bond motifs is 3. The summed E-state index contributed by atoms with van der Waals surface area (Å²) in [7, 11) is 0. The summed E-state index contributed by atoms with van der Waals surface area (Å²) in [6, 6.07) is 26.4. The predicted molar refractivity (Wildman–Crippen MR) is 139 cm³/mol. The Hall–Kier alpha value is -3.47. The number of halogens is 2. The zero-order valence-corrected chi connectivity index (χ0v) is 20.0. The van der Waals surface area contributed by atoms with Crippen LogP contribution < -0.4 is 10.5 Å². The summed E-state index contributed by atoms with van der Waals surface area (Å²) in [5.41, 5.74) is 10.9. The Labute approximate surface area is 207 Å². The highest BCUT2D eigenvalue weighted by Crippen LogP contribution is 2.37. The van der Waals surface area contributed by atoms with Gasteiger partial charge in [0.05, 0.1) is 17.6 Å². The van der Waals surface area contributed by atoms with E-state index in [9.17, 15) is 4.79 Å². The number of rotatable bonds is 6. The molecule has 169 valence electrons. The number of benzene rings is 4. The van der Waals surface area contributed by atoms with Gasteiger partial charge in [-0.3, -0.25) is 4.79 Å². The molecule has 1 amide bonds. The average molecular weight is 488 g/mol. The van der Waals surface area contributed by atoms with Crippen LogP contribution >= 0.6 is 23.2 Å². The number of aromatic nitrogens is 1. The van der Waals surface area contributed by atoms with E-state index in [4.69, 9.17) is 33.7 Å². The summed E-state index contributed by atoms with van der Waals surface area (Å²) >= 11 is 12.6. The number of carbonyl (C=O) groups excluding carboxylic acids is 1. The summed E-state index contributed by atoms with van der Waals surface area (Å²) in [6.07, 6.45) is 0. The summed E-state index contributed by atoms with van der Waals surface area (Å²) in [4.78, 5) is 12.3. The molecule has 4 aromatic carbocycles. The van der Waals surface area contributed by atoms with E-state index >= 15 is 0 Å². The van der Waals surface area contributed by atoms with Crippen molar-refractivity contribution in [2.24, 2.45) is 5.73 Å². The maximum atomic E-state index is 12.3. The Morgan fingerprint density at radius 3 is 2.62 bits per heavy atom. The van der Waals surface area contributed by atoms with Crippen LogP contribution in [-0.2, 0) is 6.54 Å². The van der Waals surface area contributed by atoms with E-state index in [1.165, 1.54) is 0 Å². The maximum absolute atomic E-state index is 12.3. The minimum atomic E-state index is -0.471. The topological polar surface area (TPSA) is 57.2 Å². The summed E-state index contributed by atoms with van der Waals surface area (Å²) < 4.78 is 7.86. The molecule has 4 nitrogen and oxygen atoms in total. The molecule has 2 N–H and O–H groups in total. The molecule has 0 aliphatic rings. The normalized spacial score (nSPS) is 11.3. The van der Waals surface area contributed by atoms with Crippen molar-refractivity contribution in [1.29, 1.82) is 0 Å². The number of primary amides is 1. The van der Waals surface area contributed by atoms with Crippen LogP contribution in [0.25, 0.3) is 32.9 Å². The second-order valence-corrected chi connectivity index (χ2v) is 8.85. The van der Waals surface area contributed by atoms with Gasteiger partial charge in [0.15, 0.2) is 0 Å². The Kier molecular flexibility index (Phi) is 5.94. The SMILES string of the molecule is CCOc1cccc(Cn2c3cc(-c4ccc(Cl)cc4Cl)c[c]c3c3c(C(N)=O)cccc32)c1. The number of hydrogen-bond donors (Lipinski definition) is 1. The lowest BCUT2D eigenvalue weighted by Crippen LogP contribution is -2.11. The molecular weight excluding hydrogens is 467 g/mol. The van der Waals surface area contributed by atoms with Crippen molar-refractivity contribution < 1.29 is 9.53 Å². The van der Waals surface area contributed by atoms with Crippen LogP contribution in [0.15, 0.2) is 72.8 Å². The van der Waals surface area contributed by atoms with Gasteiger partial charge in [0.1, 0.15) is 5.75 Å². The predicted octanol–water partition coefficient (Wildman–Crippen LogP) is 7.11. The van der Waals surface area contributed by atoms with E-state index in [2.05, 4.69) is 22.8 Å². The van der Waals surface area contributed by atoms with Crippen LogP contribution in [0, 0.1) is 6.07 Å². The van der Waals surface area contributed by atoms with E-state index in [-0.39, 0.29) is 0 Å². The summed E-state index contributed by atoms with van der Waals surface area (Å²) in [5.74, 6) is 0.347. The van der Waals surface area contributed by atoms with Crippen LogP contribution in [0.2, 0.25) is 10.0 Å². The Morgan fingerprint density at radius 1 is 1.03 bits per heavy atom. The molecule has 0 fully saturated rings. The molecule has 1 radical (unpaired) electrons. The molecule has 0 atom stereocenters. The minimum absolute atomic E-state index is 0.470. The molecule has 0 aliphatic carbocycles. The lowest BCUT2D eigenvalue weighted by molar-refractivity contribution is 0.100. The highest BCUT2D eigenvalue weighted by molar-refractivity contribution is 6.36. The number of nitrogens with zero attached hydrogens (tertiary/aromatic N) is 1. The molecule has 5 aromatic rings. The minimum Gasteiger partial charge on any atom is -0.494 e. The molecule has 34 heavy (non-hydrogen) atoms. The Bertz CT molecular complexity index is 1560. The maximum Gasteiger partial charge on any atom is 0.249 e. The fraction of sp³-hybridized carbons (Fsp3) is 0.107. The number of nitrogens with two attached hydrogens (primary N) is 1. The molecule has 0 saturated heterocycles. The third-order valence-electron chi connectivity index (χ3n) is 5.85. The van der Waals surface area contributed by atoms with Gasteiger partial charge < -0.3 is 15.0 Å². The third kappa shape index (κ3) is 4.00. The Morgan fingerprint density at radius 2 is 1.85 bits per heavy atom. The molecule has 0 spiro atoms. The quantitative estimate of drug-likeness (QED) is 0.277. The summed E-state index contributed by atoms with van der Waals surface area (Å²) in [5, 5.41) is 2.76. The van der Waals surface area contributed by atoms with Crippen molar-refractivity contribution in [2.75, 3.05) is 6.61 Å². The molecule has 0 bridgehead atoms. The van der Waals surface area contributed by atoms with Crippen molar-refractivity contribution in [3.63, 3.8) is 0 Å². The van der Waals surface area contributed by atoms with Crippen LogP contribution in [-0.4, -0.2) is 17.1 Å². The molecule has 5 rings (SSSR count). The number of hydrogen-bond acceptors (Lipinski definition) is 2. The van der Waals surface area contributed by atoms with E-state index in [0.29, 0.717) is 28.8 Å². The van der Waals surface area contributed by atoms with Crippen molar-refractivity contribution in [3.8, 4) is 16.9 Å². The van der Waals surface area contributed by atoms with Crippen molar-refractivity contribution in [3.05, 3.63) is 100 Å². The second kappa shape index (κ2) is 9.05. The lowest BCUT2D eigenvalue weighted by atomic mass is 10.0. The standard InChI is InChI=1S/C28H21Cl2N2O2/c1-2-34-20-6-3-5-17(13-20)16-32-25-8-4-7-23(28(31)33)27(25)22-11-9-18(14-26(22)32)21-12-10-19(29)15-24(21)30/h3-10,12-15H,2,16H2,1H3,(H2,31,33). The highest BCUT2D eigenvalue weighted by atomic mass is 35.5. The van der Waals surface area contributed by atoms with Gasteiger partial charge >= 0.3 is 0 Å². The summed E-state index contributed by atoms with van der Waals surface area (Å²) in [6.45, 7) is 3.14. The first-order valence-electron chi connectivity index (χ1n) is 10.9. The second-order valence-electron chi connectivity index (χ2n) is 8.00. The largest absolute Gasteiger partial charge is 0.494 e. The van der Waals surface area contributed by atoms with Crippen LogP contribution in [0.3, 0.4) is 0 Å². The van der Waals surface area contributed by atoms with E-state index in [1.54, 1.807) is 12.1 Å². The van der Waals surface area contributed by atoms with Gasteiger partial charge in [-0.05, 0) is 72.6 Å². The van der Waals surface area contributed by atoms with Crippen LogP contribution in [0.1, 0.15) is 22.8 Å². The van der Waals surface area contributed by atoms with E-state index < -0.39 is 5.91 Å². The molecule has 0 saturated carbocycles. The smallest absolute Gasteiger partial charge is 0.249 e. The van der Waals surface area contributed by atoms with E-state index in [1.807, 2.05) is 55.5 Å². The monoisotopic (exact) mass is 487 g/mol. The zero-order valence-electron chi connectivity index (χ0n) is 18.4. The van der Waals surface area contributed by atoms with Gasteiger partial charge in [-0.2, -0.15) is 0 Å². The van der Waals surface area contributed by atoms with Gasteiger partial charge in [-0.1, -0.05) is 47.5 Å². The highest BCUT2D eigenvalue weighted by Gasteiger charge is 2.18. The first-order valence-corrected chi connectivity index (χ1v) is 11.7. The van der Waals surface area contributed by atoms with E-state index in [0.717, 1.165) is 44.2 Å². The third-order valence-corrected chi connectivity index (χ3v) is 6.40. The molecule has 1 heterocycles. The first kappa shape index (κ1) is 22.3. The Balaban J connectivity index is 1.76. The van der Waals surface area contributed by atoms with Crippen molar-refractivity contribution in [2.45, 2.75) is 13.5 Å². The van der Waals surface area contributed by atoms with Crippen molar-refractivity contribution >= 4 is 50.9 Å². The molecule has 0 unspecified atom stereocenters. The van der Waals surface area contributed by atoms with Gasteiger partial charge in [0, 0.05) is 38.5 Å². The molecular formula is C28H21Cl2N2O2. The first-order chi connectivity index (χ1) is 16.5. The van der Waals surface area contributed by atoms with Crippen molar-refractivity contribution in [1.82, 2.24) is 4.57 Å². The fourth-order valence-electron chi connectivity index (χ4n) is 4.39. The lowest BCUT2D eigenvalue weighted by Gasteiger charge is -2.11. The zero-order chi connectivity index (χ0) is 23.8. The van der Waals surface area contributed by atoms with Crippen LogP contribution in [0.5, 0.6) is 5.75 Å². The molecule has 6 heteroatoms. The molecule has 1 aromatic heterocycles. The average Bonchev–Trinajstić information content (AvgIpc) is 3.12. The van der Waals surface area contributed by atoms with Crippen LogP contribution in [0.4, 0.5) is 0 Å².